The van der Waals surface area contributed by atoms with Crippen LogP contribution in [0.15, 0.2) is 6.33 Å². The standard InChI is InChI=1S/C14H24N4/c1-3-18-14(16-9-17-18)8-13(15-2)12-7-10-4-5-11(12)6-10/h9-13,15H,3-8H2,1-2H3. The van der Waals surface area contributed by atoms with Crippen molar-refractivity contribution < 1.29 is 0 Å². The molecule has 1 heterocycles. The maximum atomic E-state index is 4.42. The van der Waals surface area contributed by atoms with Crippen molar-refractivity contribution in [3.8, 4) is 0 Å². The largest absolute Gasteiger partial charge is 0.316 e. The monoisotopic (exact) mass is 248 g/mol. The number of aromatic nitrogens is 3. The van der Waals surface area contributed by atoms with Crippen LogP contribution in [0.5, 0.6) is 0 Å². The number of nitrogens with one attached hydrogen (secondary N) is 1. The Bertz CT molecular complexity index is 400. The van der Waals surface area contributed by atoms with Gasteiger partial charge in [0.25, 0.3) is 0 Å². The molecule has 2 fully saturated rings. The lowest BCUT2D eigenvalue weighted by Gasteiger charge is -2.30. The van der Waals surface area contributed by atoms with Gasteiger partial charge in [-0.05, 0) is 51.0 Å². The molecule has 4 unspecified atom stereocenters. The molecule has 1 N–H and O–H groups in total. The highest BCUT2D eigenvalue weighted by atomic mass is 15.3. The highest BCUT2D eigenvalue weighted by molar-refractivity contribution is 4.99. The molecule has 0 aliphatic heterocycles. The second kappa shape index (κ2) is 5.00. The van der Waals surface area contributed by atoms with Gasteiger partial charge >= 0.3 is 0 Å². The summed E-state index contributed by atoms with van der Waals surface area (Å²) in [6, 6.07) is 0.579. The molecule has 18 heavy (non-hydrogen) atoms. The summed E-state index contributed by atoms with van der Waals surface area (Å²) >= 11 is 0. The van der Waals surface area contributed by atoms with Gasteiger partial charge in [0.05, 0.1) is 0 Å². The van der Waals surface area contributed by atoms with Crippen LogP contribution >= 0.6 is 0 Å². The third-order valence-corrected chi connectivity index (χ3v) is 5.08. The van der Waals surface area contributed by atoms with Crippen LogP contribution in [0.4, 0.5) is 0 Å². The third-order valence-electron chi connectivity index (χ3n) is 5.08. The maximum Gasteiger partial charge on any atom is 0.138 e. The van der Waals surface area contributed by atoms with Crippen LogP contribution in [-0.4, -0.2) is 27.9 Å². The molecule has 1 aromatic heterocycles. The molecule has 0 radical (unpaired) electrons. The predicted molar refractivity (Wildman–Crippen MR) is 71.2 cm³/mol. The van der Waals surface area contributed by atoms with Crippen LogP contribution in [0.1, 0.15) is 38.4 Å². The number of nitrogens with zero attached hydrogens (tertiary/aromatic N) is 3. The molecule has 4 nitrogen and oxygen atoms in total. The second-order valence-corrected chi connectivity index (χ2v) is 5.93. The van der Waals surface area contributed by atoms with E-state index < -0.39 is 0 Å². The van der Waals surface area contributed by atoms with Crippen molar-refractivity contribution >= 4 is 0 Å². The van der Waals surface area contributed by atoms with E-state index in [0.29, 0.717) is 6.04 Å². The van der Waals surface area contributed by atoms with Gasteiger partial charge < -0.3 is 5.32 Å². The summed E-state index contributed by atoms with van der Waals surface area (Å²) in [5.74, 6) is 3.97. The summed E-state index contributed by atoms with van der Waals surface area (Å²) in [6.07, 6.45) is 8.54. The Morgan fingerprint density at radius 1 is 1.44 bits per heavy atom. The summed E-state index contributed by atoms with van der Waals surface area (Å²) < 4.78 is 2.03. The molecule has 4 heteroatoms. The first-order valence-corrected chi connectivity index (χ1v) is 7.35. The van der Waals surface area contributed by atoms with Gasteiger partial charge in [-0.3, -0.25) is 4.68 Å². The Balaban J connectivity index is 1.69. The topological polar surface area (TPSA) is 42.7 Å². The molecule has 100 valence electrons. The van der Waals surface area contributed by atoms with Crippen LogP contribution in [-0.2, 0) is 13.0 Å². The lowest BCUT2D eigenvalue weighted by atomic mass is 9.82. The molecule has 2 bridgehead atoms. The fourth-order valence-corrected chi connectivity index (χ4v) is 4.16. The fourth-order valence-electron chi connectivity index (χ4n) is 4.16. The summed E-state index contributed by atoms with van der Waals surface area (Å²) in [4.78, 5) is 4.42. The molecule has 0 amide bonds. The number of aryl methyl sites for hydroxylation is 1. The zero-order valence-corrected chi connectivity index (χ0v) is 11.5. The first-order chi connectivity index (χ1) is 8.81. The second-order valence-electron chi connectivity index (χ2n) is 5.93. The molecule has 0 spiro atoms. The van der Waals surface area contributed by atoms with Gasteiger partial charge in [-0.15, -0.1) is 0 Å². The lowest BCUT2D eigenvalue weighted by molar-refractivity contribution is 0.251. The van der Waals surface area contributed by atoms with E-state index in [2.05, 4.69) is 29.4 Å². The summed E-state index contributed by atoms with van der Waals surface area (Å²) in [6.45, 7) is 3.05. The van der Waals surface area contributed by atoms with Crippen LogP contribution in [0.2, 0.25) is 0 Å². The molecule has 4 atom stereocenters. The average molecular weight is 248 g/mol. The SMILES string of the molecule is CCn1ncnc1CC(NC)C1CC2CCC1C2. The molecule has 0 saturated heterocycles. The van der Waals surface area contributed by atoms with Crippen molar-refractivity contribution in [1.29, 1.82) is 0 Å². The van der Waals surface area contributed by atoms with E-state index in [4.69, 9.17) is 0 Å². The van der Waals surface area contributed by atoms with E-state index in [0.717, 1.165) is 36.5 Å². The Labute approximate surface area is 109 Å². The first kappa shape index (κ1) is 12.2. The molecule has 1 aromatic rings. The van der Waals surface area contributed by atoms with Crippen molar-refractivity contribution in [3.63, 3.8) is 0 Å². The molecular weight excluding hydrogens is 224 g/mol. The average Bonchev–Trinajstić information content (AvgIpc) is 3.11. The van der Waals surface area contributed by atoms with Gasteiger partial charge in [0.1, 0.15) is 12.2 Å². The van der Waals surface area contributed by atoms with E-state index in [9.17, 15) is 0 Å². The maximum absolute atomic E-state index is 4.42. The van der Waals surface area contributed by atoms with Crippen LogP contribution < -0.4 is 5.32 Å². The van der Waals surface area contributed by atoms with Gasteiger partial charge in [-0.25, -0.2) is 4.98 Å². The normalized spacial score (nSPS) is 32.0. The Hall–Kier alpha value is -0.900. The lowest BCUT2D eigenvalue weighted by Crippen LogP contribution is -2.39. The number of rotatable bonds is 5. The Kier molecular flexibility index (Phi) is 3.37. The number of likely N-dealkylation sites (N-methyl/N-ethyl adjacent to an activating group) is 1. The summed E-state index contributed by atoms with van der Waals surface area (Å²) in [5, 5.41) is 7.81. The highest BCUT2D eigenvalue weighted by Gasteiger charge is 2.42. The molecule has 3 rings (SSSR count). The van der Waals surface area contributed by atoms with Crippen molar-refractivity contribution in [2.24, 2.45) is 17.8 Å². The van der Waals surface area contributed by atoms with Crippen molar-refractivity contribution in [2.45, 2.75) is 51.6 Å². The van der Waals surface area contributed by atoms with E-state index in [1.54, 1.807) is 6.33 Å². The summed E-state index contributed by atoms with van der Waals surface area (Å²) in [5.41, 5.74) is 0. The van der Waals surface area contributed by atoms with Gasteiger partial charge in [0.15, 0.2) is 0 Å². The zero-order valence-electron chi connectivity index (χ0n) is 11.5. The molecule has 2 aliphatic rings. The van der Waals surface area contributed by atoms with Gasteiger partial charge in [0, 0.05) is 19.0 Å². The fraction of sp³-hybridized carbons (Fsp3) is 0.857. The van der Waals surface area contributed by atoms with Crippen LogP contribution in [0.3, 0.4) is 0 Å². The minimum absolute atomic E-state index is 0.579. The smallest absolute Gasteiger partial charge is 0.138 e. The van der Waals surface area contributed by atoms with Crippen molar-refractivity contribution in [2.75, 3.05) is 7.05 Å². The third kappa shape index (κ3) is 2.07. The van der Waals surface area contributed by atoms with Crippen molar-refractivity contribution in [1.82, 2.24) is 20.1 Å². The van der Waals surface area contributed by atoms with Gasteiger partial charge in [0.2, 0.25) is 0 Å². The summed E-state index contributed by atoms with van der Waals surface area (Å²) in [7, 11) is 2.10. The molecule has 2 saturated carbocycles. The van der Waals surface area contributed by atoms with E-state index in [1.165, 1.54) is 25.7 Å². The van der Waals surface area contributed by atoms with Gasteiger partial charge in [-0.1, -0.05) is 6.42 Å². The Morgan fingerprint density at radius 2 is 2.33 bits per heavy atom. The van der Waals surface area contributed by atoms with Crippen molar-refractivity contribution in [3.05, 3.63) is 12.2 Å². The molecule has 2 aliphatic carbocycles. The Morgan fingerprint density at radius 3 is 2.94 bits per heavy atom. The molecular formula is C14H24N4. The van der Waals surface area contributed by atoms with Gasteiger partial charge in [-0.2, -0.15) is 5.10 Å². The zero-order chi connectivity index (χ0) is 12.5. The highest BCUT2D eigenvalue weighted by Crippen LogP contribution is 2.49. The number of hydrogen-bond acceptors (Lipinski definition) is 3. The minimum atomic E-state index is 0.579. The van der Waals surface area contributed by atoms with E-state index in [-0.39, 0.29) is 0 Å². The minimum Gasteiger partial charge on any atom is -0.316 e. The quantitative estimate of drug-likeness (QED) is 0.865. The van der Waals surface area contributed by atoms with E-state index in [1.807, 2.05) is 4.68 Å². The van der Waals surface area contributed by atoms with Crippen LogP contribution in [0.25, 0.3) is 0 Å². The van der Waals surface area contributed by atoms with E-state index >= 15 is 0 Å². The number of hydrogen-bond donors (Lipinski definition) is 1. The first-order valence-electron chi connectivity index (χ1n) is 7.35. The molecule has 0 aromatic carbocycles. The van der Waals surface area contributed by atoms with Crippen LogP contribution in [0, 0.1) is 17.8 Å². The number of fused-ring (bicyclic) bond motifs is 2. The predicted octanol–water partition coefficient (Wildman–Crippen LogP) is 1.86.